The molecule has 0 amide bonds. The lowest BCUT2D eigenvalue weighted by atomic mass is 9.82. The molecular weight excluding hydrogens is 568 g/mol. The van der Waals surface area contributed by atoms with Crippen LogP contribution in [0.3, 0.4) is 0 Å². The van der Waals surface area contributed by atoms with Crippen molar-refractivity contribution in [3.8, 4) is 34.5 Å². The van der Waals surface area contributed by atoms with Crippen LogP contribution in [0.5, 0.6) is 34.5 Å². The van der Waals surface area contributed by atoms with Crippen molar-refractivity contribution in [1.29, 1.82) is 0 Å². The van der Waals surface area contributed by atoms with Crippen LogP contribution in [0.2, 0.25) is 0 Å². The van der Waals surface area contributed by atoms with Gasteiger partial charge in [0.2, 0.25) is 11.5 Å². The highest BCUT2D eigenvalue weighted by Crippen LogP contribution is 2.51. The second kappa shape index (κ2) is 16.7. The zero-order valence-corrected chi connectivity index (χ0v) is 26.7. The second-order valence-electron chi connectivity index (χ2n) is 10.6. The Morgan fingerprint density at radius 3 is 1.14 bits per heavy atom. The van der Waals surface area contributed by atoms with Crippen LogP contribution in [-0.2, 0) is 9.59 Å². The molecule has 3 rings (SSSR count). The van der Waals surface area contributed by atoms with Gasteiger partial charge in [0.05, 0.1) is 37.6 Å². The van der Waals surface area contributed by atoms with E-state index < -0.39 is 23.5 Å². The number of ether oxygens (including phenoxy) is 6. The predicted molar refractivity (Wildman–Crippen MR) is 164 cm³/mol. The van der Waals surface area contributed by atoms with E-state index >= 15 is 0 Å². The highest BCUT2D eigenvalue weighted by molar-refractivity contribution is 6.31. The topological polar surface area (TPSA) is 124 Å². The normalized spacial score (nSPS) is 11.9. The van der Waals surface area contributed by atoms with E-state index in [4.69, 9.17) is 28.4 Å². The molecular formula is C34H44O10. The number of carbonyl (C=O) groups excluding carboxylic acids is 4. The van der Waals surface area contributed by atoms with E-state index in [1.807, 2.05) is 27.7 Å². The van der Waals surface area contributed by atoms with Crippen LogP contribution in [0.15, 0.2) is 12.1 Å². The Bertz CT molecular complexity index is 1260. The molecule has 1 aliphatic rings. The fourth-order valence-electron chi connectivity index (χ4n) is 4.57. The quantitative estimate of drug-likeness (QED) is 0.0840. The zero-order chi connectivity index (χ0) is 32.2. The van der Waals surface area contributed by atoms with E-state index in [0.29, 0.717) is 26.1 Å². The van der Waals surface area contributed by atoms with Crippen LogP contribution in [0.25, 0.3) is 0 Å². The van der Waals surface area contributed by atoms with Gasteiger partial charge in [-0.1, -0.05) is 53.4 Å². The number of ketones is 2. The minimum absolute atomic E-state index is 0.0688. The molecule has 0 fully saturated rings. The molecule has 10 nitrogen and oxygen atoms in total. The molecule has 0 heterocycles. The minimum atomic E-state index is -0.701. The first-order chi connectivity index (χ1) is 21.2. The summed E-state index contributed by atoms with van der Waals surface area (Å²) in [5, 5.41) is 0. The predicted octanol–water partition coefficient (Wildman–Crippen LogP) is 7.03. The Kier molecular flexibility index (Phi) is 13.0. The van der Waals surface area contributed by atoms with Crippen LogP contribution in [0, 0.1) is 0 Å². The standard InChI is InChI=1S/C34H44O10/c1-7-11-15-39-25-19-23-27(33(43-21(5)35)31(25)41-17-13-9-3)30(38)24-20-26(40-16-12-8-2)32(42-18-14-10-4)34(44-22(6)36)28(24)29(23)37/h19-20H,7-18H2,1-6H3. The van der Waals surface area contributed by atoms with Gasteiger partial charge in [0, 0.05) is 25.0 Å². The van der Waals surface area contributed by atoms with Gasteiger partial charge < -0.3 is 28.4 Å². The highest BCUT2D eigenvalue weighted by Gasteiger charge is 2.41. The smallest absolute Gasteiger partial charge is 0.308 e. The first kappa shape index (κ1) is 34.4. The number of carbonyl (C=O) groups is 4. The Morgan fingerprint density at radius 2 is 0.841 bits per heavy atom. The summed E-state index contributed by atoms with van der Waals surface area (Å²) in [5.74, 6) is -2.54. The van der Waals surface area contributed by atoms with Crippen molar-refractivity contribution in [2.24, 2.45) is 0 Å². The molecule has 0 unspecified atom stereocenters. The molecule has 0 bridgehead atoms. The molecule has 0 radical (unpaired) electrons. The van der Waals surface area contributed by atoms with Crippen LogP contribution < -0.4 is 28.4 Å². The van der Waals surface area contributed by atoms with Crippen molar-refractivity contribution >= 4 is 23.5 Å². The molecule has 0 atom stereocenters. The fourth-order valence-corrected chi connectivity index (χ4v) is 4.57. The van der Waals surface area contributed by atoms with Gasteiger partial charge >= 0.3 is 11.9 Å². The number of fused-ring (bicyclic) bond motifs is 2. The Balaban J connectivity index is 2.34. The van der Waals surface area contributed by atoms with Crippen molar-refractivity contribution in [2.75, 3.05) is 26.4 Å². The summed E-state index contributed by atoms with van der Waals surface area (Å²) < 4.78 is 35.3. The monoisotopic (exact) mass is 612 g/mol. The van der Waals surface area contributed by atoms with Gasteiger partial charge in [-0.3, -0.25) is 19.2 Å². The lowest BCUT2D eigenvalue weighted by molar-refractivity contribution is -0.133. The van der Waals surface area contributed by atoms with Crippen molar-refractivity contribution in [1.82, 2.24) is 0 Å². The third-order valence-electron chi connectivity index (χ3n) is 6.84. The SMILES string of the molecule is CCCCOc1cc2c(c(OC(C)=O)c1OCCCC)C(=O)c1cc(OCCCC)c(OCCCC)c(OC(C)=O)c1C2=O. The molecule has 2 aromatic carbocycles. The zero-order valence-electron chi connectivity index (χ0n) is 26.7. The fraction of sp³-hybridized carbons (Fsp3) is 0.529. The molecule has 0 aromatic heterocycles. The van der Waals surface area contributed by atoms with Crippen LogP contribution in [0.4, 0.5) is 0 Å². The highest BCUT2D eigenvalue weighted by atomic mass is 16.6. The molecule has 10 heteroatoms. The summed E-state index contributed by atoms with van der Waals surface area (Å²) in [7, 11) is 0. The van der Waals surface area contributed by atoms with Gasteiger partial charge in [0.15, 0.2) is 34.6 Å². The summed E-state index contributed by atoms with van der Waals surface area (Å²) in [4.78, 5) is 53.3. The summed E-state index contributed by atoms with van der Waals surface area (Å²) in [5.41, 5.74) is -0.416. The number of hydrogen-bond donors (Lipinski definition) is 0. The van der Waals surface area contributed by atoms with Gasteiger partial charge in [0.1, 0.15) is 0 Å². The second-order valence-corrected chi connectivity index (χ2v) is 10.6. The lowest BCUT2D eigenvalue weighted by Crippen LogP contribution is -2.25. The summed E-state index contributed by atoms with van der Waals surface area (Å²) in [6.07, 6.45) is 6.24. The van der Waals surface area contributed by atoms with E-state index in [1.165, 1.54) is 26.0 Å². The van der Waals surface area contributed by atoms with E-state index in [0.717, 1.165) is 38.5 Å². The maximum atomic E-state index is 14.3. The Morgan fingerprint density at radius 1 is 0.523 bits per heavy atom. The van der Waals surface area contributed by atoms with Crippen molar-refractivity contribution in [2.45, 2.75) is 92.9 Å². The first-order valence-corrected chi connectivity index (χ1v) is 15.6. The number of unbranched alkanes of at least 4 members (excludes halogenated alkanes) is 4. The van der Waals surface area contributed by atoms with Crippen molar-refractivity contribution in [3.05, 3.63) is 34.4 Å². The molecule has 0 N–H and O–H groups in total. The minimum Gasteiger partial charge on any atom is -0.490 e. The maximum absolute atomic E-state index is 14.3. The van der Waals surface area contributed by atoms with Gasteiger partial charge in [0.25, 0.3) is 0 Å². The third-order valence-corrected chi connectivity index (χ3v) is 6.84. The molecule has 240 valence electrons. The summed E-state index contributed by atoms with van der Waals surface area (Å²) in [6.45, 7) is 11.6. The van der Waals surface area contributed by atoms with Crippen LogP contribution in [-0.4, -0.2) is 49.9 Å². The van der Waals surface area contributed by atoms with E-state index in [1.54, 1.807) is 0 Å². The summed E-state index contributed by atoms with van der Waals surface area (Å²) in [6, 6.07) is 2.87. The van der Waals surface area contributed by atoms with Gasteiger partial charge in [-0.05, 0) is 37.8 Å². The number of hydrogen-bond acceptors (Lipinski definition) is 10. The number of benzene rings is 2. The molecule has 0 saturated heterocycles. The van der Waals surface area contributed by atoms with Crippen LogP contribution in [0.1, 0.15) is 125 Å². The molecule has 0 aliphatic heterocycles. The molecule has 0 spiro atoms. The third kappa shape index (κ3) is 8.09. The number of esters is 2. The van der Waals surface area contributed by atoms with Crippen molar-refractivity contribution in [3.63, 3.8) is 0 Å². The molecule has 0 saturated carbocycles. The van der Waals surface area contributed by atoms with E-state index in [9.17, 15) is 19.2 Å². The average molecular weight is 613 g/mol. The van der Waals surface area contributed by atoms with Gasteiger partial charge in [-0.15, -0.1) is 0 Å². The Hall–Kier alpha value is -4.08. The number of rotatable bonds is 18. The largest absolute Gasteiger partial charge is 0.490 e. The lowest BCUT2D eigenvalue weighted by Gasteiger charge is -2.26. The van der Waals surface area contributed by atoms with E-state index in [2.05, 4.69) is 0 Å². The molecule has 2 aromatic rings. The first-order valence-electron chi connectivity index (χ1n) is 15.6. The van der Waals surface area contributed by atoms with E-state index in [-0.39, 0.29) is 70.0 Å². The van der Waals surface area contributed by atoms with Gasteiger partial charge in [-0.2, -0.15) is 0 Å². The Labute approximate surface area is 259 Å². The van der Waals surface area contributed by atoms with Crippen molar-refractivity contribution < 1.29 is 47.6 Å². The average Bonchev–Trinajstić information content (AvgIpc) is 2.97. The molecule has 1 aliphatic carbocycles. The van der Waals surface area contributed by atoms with Gasteiger partial charge in [-0.25, -0.2) is 0 Å². The molecule has 44 heavy (non-hydrogen) atoms. The van der Waals surface area contributed by atoms with Crippen LogP contribution >= 0.6 is 0 Å². The summed E-state index contributed by atoms with van der Waals surface area (Å²) >= 11 is 0. The maximum Gasteiger partial charge on any atom is 0.308 e.